The fraction of sp³-hybridized carbons (Fsp3) is 0.375. The maximum absolute atomic E-state index is 12.5. The molecule has 0 radical (unpaired) electrons. The van der Waals surface area contributed by atoms with E-state index in [0.717, 1.165) is 10.5 Å². The number of benzene rings is 1. The lowest BCUT2D eigenvalue weighted by molar-refractivity contribution is -0.150. The monoisotopic (exact) mass is 298 g/mol. The molecule has 0 bridgehead atoms. The molecule has 1 aromatic rings. The molecular formula is C16H14N2O4. The Hall–Kier alpha value is -2.68. The first-order chi connectivity index (χ1) is 10.5. The van der Waals surface area contributed by atoms with Gasteiger partial charge in [0.1, 0.15) is 0 Å². The van der Waals surface area contributed by atoms with Gasteiger partial charge in [0.05, 0.1) is 30.2 Å². The number of aryl methyl sites for hydroxylation is 1. The number of piperidine rings is 1. The van der Waals surface area contributed by atoms with E-state index in [0.29, 0.717) is 5.69 Å². The quantitative estimate of drug-likeness (QED) is 0.618. The van der Waals surface area contributed by atoms with E-state index < -0.39 is 35.0 Å². The third-order valence-electron chi connectivity index (χ3n) is 4.27. The number of carbonyl (C=O) groups excluding carboxylic acids is 3. The number of rotatable bonds is 3. The topological polar surface area (TPSA) is 87.5 Å². The maximum atomic E-state index is 12.5. The molecule has 22 heavy (non-hydrogen) atoms. The molecule has 0 spiro atoms. The van der Waals surface area contributed by atoms with Gasteiger partial charge in [0, 0.05) is 0 Å². The van der Waals surface area contributed by atoms with Crippen LogP contribution in [-0.4, -0.2) is 24.4 Å². The van der Waals surface area contributed by atoms with Crippen molar-refractivity contribution in [2.45, 2.75) is 13.8 Å². The Labute approximate surface area is 127 Å². The van der Waals surface area contributed by atoms with Crippen LogP contribution in [0.2, 0.25) is 0 Å². The second-order valence-corrected chi connectivity index (χ2v) is 5.50. The van der Waals surface area contributed by atoms with E-state index in [1.54, 1.807) is 31.2 Å². The molecule has 3 rings (SSSR count). The Kier molecular flexibility index (Phi) is 3.03. The van der Waals surface area contributed by atoms with Crippen LogP contribution in [0, 0.1) is 35.5 Å². The molecule has 1 aliphatic heterocycles. The van der Waals surface area contributed by atoms with E-state index >= 15 is 0 Å². The highest BCUT2D eigenvalue weighted by molar-refractivity contribution is 6.29. The van der Waals surface area contributed by atoms with Crippen molar-refractivity contribution in [3.05, 3.63) is 29.8 Å². The number of esters is 1. The largest absolute Gasteiger partial charge is 0.465 e. The summed E-state index contributed by atoms with van der Waals surface area (Å²) in [5, 5.41) is 9.31. The van der Waals surface area contributed by atoms with Crippen molar-refractivity contribution >= 4 is 23.5 Å². The second-order valence-electron chi connectivity index (χ2n) is 5.50. The van der Waals surface area contributed by atoms with Crippen molar-refractivity contribution in [1.29, 1.82) is 5.26 Å². The van der Waals surface area contributed by atoms with E-state index in [1.807, 2.05) is 13.0 Å². The molecule has 0 aromatic heterocycles. The molecule has 112 valence electrons. The van der Waals surface area contributed by atoms with Gasteiger partial charge in [-0.2, -0.15) is 5.26 Å². The number of amides is 2. The van der Waals surface area contributed by atoms with Crippen LogP contribution in [0.4, 0.5) is 5.69 Å². The minimum absolute atomic E-state index is 0.103. The molecule has 0 N–H and O–H groups in total. The first kappa shape index (κ1) is 14.3. The predicted octanol–water partition coefficient (Wildman–Crippen LogP) is 1.19. The van der Waals surface area contributed by atoms with Gasteiger partial charge in [0.15, 0.2) is 5.41 Å². The van der Waals surface area contributed by atoms with Crippen molar-refractivity contribution < 1.29 is 19.1 Å². The minimum atomic E-state index is -1.63. The zero-order valence-electron chi connectivity index (χ0n) is 12.2. The van der Waals surface area contributed by atoms with Crippen molar-refractivity contribution in [3.8, 4) is 6.07 Å². The highest BCUT2D eigenvalue weighted by atomic mass is 16.5. The zero-order chi connectivity index (χ0) is 16.1. The lowest BCUT2D eigenvalue weighted by atomic mass is 10.0. The number of ether oxygens (including phenoxy) is 1. The zero-order valence-corrected chi connectivity index (χ0v) is 12.2. The number of imide groups is 1. The van der Waals surface area contributed by atoms with Gasteiger partial charge in [0.2, 0.25) is 11.8 Å². The summed E-state index contributed by atoms with van der Waals surface area (Å²) in [6.45, 7) is 3.62. The van der Waals surface area contributed by atoms with E-state index in [9.17, 15) is 19.6 Å². The van der Waals surface area contributed by atoms with Gasteiger partial charge in [-0.05, 0) is 26.0 Å². The number of hydrogen-bond acceptors (Lipinski definition) is 5. The first-order valence-electron chi connectivity index (χ1n) is 7.02. The fourth-order valence-corrected chi connectivity index (χ4v) is 3.09. The molecule has 1 saturated carbocycles. The van der Waals surface area contributed by atoms with Crippen LogP contribution < -0.4 is 4.90 Å². The Morgan fingerprint density at radius 3 is 2.27 bits per heavy atom. The highest BCUT2D eigenvalue weighted by Gasteiger charge is 2.83. The van der Waals surface area contributed by atoms with E-state index in [4.69, 9.17) is 4.74 Å². The van der Waals surface area contributed by atoms with Crippen LogP contribution in [0.3, 0.4) is 0 Å². The standard InChI is InChI=1S/C16H14N2O4/c1-3-22-15(21)16(8-17)11-12(16)14(20)18(13(11)19)10-6-4-9(2)5-7-10/h4-7,11-12H,3H2,1-2H3/t11-,12+,16?. The highest BCUT2D eigenvalue weighted by Crippen LogP contribution is 2.64. The number of nitrogens with zero attached hydrogens (tertiary/aromatic N) is 2. The Morgan fingerprint density at radius 1 is 1.27 bits per heavy atom. The van der Waals surface area contributed by atoms with Crippen molar-refractivity contribution in [1.82, 2.24) is 0 Å². The molecule has 6 nitrogen and oxygen atoms in total. The average Bonchev–Trinajstić information content (AvgIpc) is 3.12. The van der Waals surface area contributed by atoms with Crippen molar-refractivity contribution in [2.75, 3.05) is 11.5 Å². The number of anilines is 1. The van der Waals surface area contributed by atoms with Gasteiger partial charge in [-0.15, -0.1) is 0 Å². The molecule has 6 heteroatoms. The lowest BCUT2D eigenvalue weighted by Crippen LogP contribution is -2.40. The summed E-state index contributed by atoms with van der Waals surface area (Å²) in [6, 6.07) is 8.78. The summed E-state index contributed by atoms with van der Waals surface area (Å²) >= 11 is 0. The van der Waals surface area contributed by atoms with Crippen molar-refractivity contribution in [3.63, 3.8) is 0 Å². The van der Waals surface area contributed by atoms with Crippen LogP contribution in [0.1, 0.15) is 12.5 Å². The van der Waals surface area contributed by atoms with Gasteiger partial charge in [-0.3, -0.25) is 14.4 Å². The number of hydrogen-bond donors (Lipinski definition) is 0. The third-order valence-corrected chi connectivity index (χ3v) is 4.27. The molecule has 1 saturated heterocycles. The lowest BCUT2D eigenvalue weighted by Gasteiger charge is -2.20. The molecule has 2 amide bonds. The smallest absolute Gasteiger partial charge is 0.328 e. The van der Waals surface area contributed by atoms with Crippen molar-refractivity contribution in [2.24, 2.45) is 17.3 Å². The summed E-state index contributed by atoms with van der Waals surface area (Å²) in [6.07, 6.45) is 0. The fourth-order valence-electron chi connectivity index (χ4n) is 3.09. The molecule has 1 heterocycles. The molecule has 3 atom stereocenters. The maximum Gasteiger partial charge on any atom is 0.328 e. The van der Waals surface area contributed by atoms with Gasteiger partial charge in [-0.25, -0.2) is 4.90 Å². The van der Waals surface area contributed by atoms with Gasteiger partial charge in [-0.1, -0.05) is 17.7 Å². The Balaban J connectivity index is 1.92. The van der Waals surface area contributed by atoms with E-state index in [-0.39, 0.29) is 6.61 Å². The molecule has 2 aliphatic rings. The predicted molar refractivity (Wildman–Crippen MR) is 75.3 cm³/mol. The summed E-state index contributed by atoms with van der Waals surface area (Å²) in [7, 11) is 0. The molecule has 2 fully saturated rings. The normalized spacial score (nSPS) is 29.0. The molecule has 1 aromatic carbocycles. The summed E-state index contributed by atoms with van der Waals surface area (Å²) < 4.78 is 4.87. The van der Waals surface area contributed by atoms with Gasteiger partial charge < -0.3 is 4.74 Å². The summed E-state index contributed by atoms with van der Waals surface area (Å²) in [5.74, 6) is -3.64. The Morgan fingerprint density at radius 2 is 1.82 bits per heavy atom. The van der Waals surface area contributed by atoms with Gasteiger partial charge in [0.25, 0.3) is 0 Å². The van der Waals surface area contributed by atoms with Crippen LogP contribution in [-0.2, 0) is 19.1 Å². The SMILES string of the molecule is CCOC(=O)C1(C#N)[C@@H]2C(=O)N(c3ccc(C)cc3)C(=O)[C@@H]21. The number of carbonyl (C=O) groups is 3. The molecular weight excluding hydrogens is 284 g/mol. The number of nitriles is 1. The second kappa shape index (κ2) is 4.67. The molecule has 1 aliphatic carbocycles. The van der Waals surface area contributed by atoms with Crippen LogP contribution >= 0.6 is 0 Å². The van der Waals surface area contributed by atoms with Crippen LogP contribution in [0.25, 0.3) is 0 Å². The van der Waals surface area contributed by atoms with E-state index in [2.05, 4.69) is 0 Å². The summed E-state index contributed by atoms with van der Waals surface area (Å²) in [5.41, 5.74) is -0.167. The number of fused-ring (bicyclic) bond motifs is 1. The van der Waals surface area contributed by atoms with Crippen LogP contribution in [0.15, 0.2) is 24.3 Å². The average molecular weight is 298 g/mol. The summed E-state index contributed by atoms with van der Waals surface area (Å²) in [4.78, 5) is 38.0. The van der Waals surface area contributed by atoms with Crippen LogP contribution in [0.5, 0.6) is 0 Å². The Bertz CT molecular complexity index is 695. The van der Waals surface area contributed by atoms with E-state index in [1.165, 1.54) is 0 Å². The molecule has 1 unspecified atom stereocenters. The van der Waals surface area contributed by atoms with Gasteiger partial charge >= 0.3 is 5.97 Å². The minimum Gasteiger partial charge on any atom is -0.465 e. The third kappa shape index (κ3) is 1.62. The first-order valence-corrected chi connectivity index (χ1v) is 7.02.